The van der Waals surface area contributed by atoms with Crippen LogP contribution in [0.1, 0.15) is 49.4 Å². The summed E-state index contributed by atoms with van der Waals surface area (Å²) in [4.78, 5) is 41.7. The quantitative estimate of drug-likeness (QED) is 0.549. The second-order valence-corrected chi connectivity index (χ2v) is 9.87. The normalized spacial score (nSPS) is 15.8. The number of rotatable bonds is 4. The van der Waals surface area contributed by atoms with Crippen LogP contribution in [0.25, 0.3) is 10.9 Å². The van der Waals surface area contributed by atoms with E-state index in [1.54, 1.807) is 29.2 Å². The van der Waals surface area contributed by atoms with E-state index in [0.29, 0.717) is 41.9 Å². The smallest absolute Gasteiger partial charge is 0.410 e. The number of piperazine rings is 1. The molecule has 0 saturated carbocycles. The number of nitriles is 1. The zero-order valence-corrected chi connectivity index (χ0v) is 21.2. The van der Waals surface area contributed by atoms with Gasteiger partial charge in [0, 0.05) is 43.8 Å². The number of amides is 2. The third-order valence-electron chi connectivity index (χ3n) is 5.89. The maximum atomic E-state index is 12.7. The molecule has 1 aliphatic heterocycles. The van der Waals surface area contributed by atoms with Crippen molar-refractivity contribution in [1.82, 2.24) is 25.2 Å². The zero-order valence-electron chi connectivity index (χ0n) is 21.2. The highest BCUT2D eigenvalue weighted by atomic mass is 16.6. The number of aromatic nitrogens is 3. The van der Waals surface area contributed by atoms with Gasteiger partial charge < -0.3 is 25.0 Å². The first-order valence-corrected chi connectivity index (χ1v) is 11.9. The first-order chi connectivity index (χ1) is 17.6. The lowest BCUT2D eigenvalue weighted by molar-refractivity contribution is 0.0158. The third-order valence-corrected chi connectivity index (χ3v) is 5.89. The first kappa shape index (κ1) is 25.6. The van der Waals surface area contributed by atoms with Crippen LogP contribution in [0.3, 0.4) is 0 Å². The van der Waals surface area contributed by atoms with Crippen LogP contribution in [-0.2, 0) is 11.3 Å². The van der Waals surface area contributed by atoms with E-state index in [1.165, 1.54) is 12.4 Å². The molecule has 3 aromatic heterocycles. The lowest BCUT2D eigenvalue weighted by atomic mass is 10.1. The van der Waals surface area contributed by atoms with Crippen molar-refractivity contribution in [3.63, 3.8) is 0 Å². The number of nitrogens with zero attached hydrogens (tertiary/aromatic N) is 6. The Balaban J connectivity index is 1.44. The zero-order chi connectivity index (χ0) is 26.7. The van der Waals surface area contributed by atoms with Gasteiger partial charge in [-0.1, -0.05) is 6.07 Å². The number of carbonyl (C=O) groups excluding carboxylic acids is 2. The molecule has 2 amide bonds. The predicted octanol–water partition coefficient (Wildman–Crippen LogP) is 2.98. The monoisotopic (exact) mass is 503 g/mol. The minimum Gasteiger partial charge on any atom is -0.505 e. The Morgan fingerprint density at radius 1 is 1.19 bits per heavy atom. The van der Waals surface area contributed by atoms with Gasteiger partial charge in [0.1, 0.15) is 23.2 Å². The minimum absolute atomic E-state index is 0.0787. The van der Waals surface area contributed by atoms with Gasteiger partial charge in [-0.3, -0.25) is 4.79 Å². The molecule has 0 unspecified atom stereocenters. The van der Waals surface area contributed by atoms with Crippen LogP contribution in [0, 0.1) is 11.3 Å². The van der Waals surface area contributed by atoms with E-state index in [9.17, 15) is 14.7 Å². The summed E-state index contributed by atoms with van der Waals surface area (Å²) in [6.07, 6.45) is 2.63. The summed E-state index contributed by atoms with van der Waals surface area (Å²) in [7, 11) is 0. The van der Waals surface area contributed by atoms with Crippen molar-refractivity contribution in [3.05, 3.63) is 53.6 Å². The lowest BCUT2D eigenvalue weighted by Crippen LogP contribution is -2.55. The summed E-state index contributed by atoms with van der Waals surface area (Å²) in [6, 6.07) is 8.61. The molecule has 0 radical (unpaired) electrons. The van der Waals surface area contributed by atoms with Gasteiger partial charge in [-0.15, -0.1) is 0 Å². The van der Waals surface area contributed by atoms with Crippen LogP contribution >= 0.6 is 0 Å². The Labute approximate surface area is 214 Å². The van der Waals surface area contributed by atoms with Crippen LogP contribution in [0.15, 0.2) is 36.7 Å². The molecule has 1 aliphatic rings. The summed E-state index contributed by atoms with van der Waals surface area (Å²) in [5.41, 5.74) is 0.780. The summed E-state index contributed by atoms with van der Waals surface area (Å²) in [5.74, 6) is -0.107. The highest BCUT2D eigenvalue weighted by Crippen LogP contribution is 2.29. The highest BCUT2D eigenvalue weighted by molar-refractivity contribution is 6.00. The average molecular weight is 504 g/mol. The molecule has 192 valence electrons. The standard InChI is InChI=1S/C26H29N7O4/c1-16-15-32(9-10-33(16)25(36)37-26(2,3)4)21-8-7-19-20(31-21)14-29-22(23(19)34)24(35)30-13-17-5-6-18(11-27)28-12-17/h5-8,12,14,16,34H,9-10,13,15H2,1-4H3,(H,30,35)/t16-/m1/s1. The van der Waals surface area contributed by atoms with Crippen molar-refractivity contribution >= 4 is 28.7 Å². The molecular weight excluding hydrogens is 474 g/mol. The van der Waals surface area contributed by atoms with E-state index < -0.39 is 11.5 Å². The van der Waals surface area contributed by atoms with E-state index in [-0.39, 0.29) is 35.8 Å². The van der Waals surface area contributed by atoms with Crippen molar-refractivity contribution in [2.24, 2.45) is 0 Å². The van der Waals surface area contributed by atoms with Gasteiger partial charge in [-0.25, -0.2) is 19.7 Å². The molecule has 4 heterocycles. The van der Waals surface area contributed by atoms with E-state index in [2.05, 4.69) is 25.2 Å². The summed E-state index contributed by atoms with van der Waals surface area (Å²) < 4.78 is 5.51. The molecule has 1 saturated heterocycles. The maximum absolute atomic E-state index is 12.7. The van der Waals surface area contributed by atoms with Crippen molar-refractivity contribution in [2.45, 2.75) is 45.9 Å². The number of carbonyl (C=O) groups is 2. The van der Waals surface area contributed by atoms with Gasteiger partial charge in [-0.2, -0.15) is 5.26 Å². The number of anilines is 1. The molecule has 2 N–H and O–H groups in total. The number of pyridine rings is 3. The second kappa shape index (κ2) is 10.3. The van der Waals surface area contributed by atoms with Gasteiger partial charge in [-0.05, 0) is 51.5 Å². The van der Waals surface area contributed by atoms with Gasteiger partial charge >= 0.3 is 6.09 Å². The molecule has 1 fully saturated rings. The fraction of sp³-hybridized carbons (Fsp3) is 0.385. The number of hydrogen-bond acceptors (Lipinski definition) is 9. The van der Waals surface area contributed by atoms with Crippen LogP contribution in [0.2, 0.25) is 0 Å². The third kappa shape index (κ3) is 5.86. The number of fused-ring (bicyclic) bond motifs is 1. The fourth-order valence-electron chi connectivity index (χ4n) is 4.04. The Hall–Kier alpha value is -4.46. The van der Waals surface area contributed by atoms with Gasteiger partial charge in [0.15, 0.2) is 11.4 Å². The van der Waals surface area contributed by atoms with Crippen molar-refractivity contribution in [3.8, 4) is 11.8 Å². The molecule has 0 bridgehead atoms. The lowest BCUT2D eigenvalue weighted by Gasteiger charge is -2.40. The molecule has 0 aliphatic carbocycles. The van der Waals surface area contributed by atoms with E-state index in [4.69, 9.17) is 10.00 Å². The molecule has 1 atom stereocenters. The Kier molecular flexibility index (Phi) is 7.11. The molecule has 11 heteroatoms. The van der Waals surface area contributed by atoms with Crippen LogP contribution in [-0.4, -0.2) is 68.2 Å². The van der Waals surface area contributed by atoms with Crippen LogP contribution in [0.5, 0.6) is 5.75 Å². The Morgan fingerprint density at radius 3 is 2.62 bits per heavy atom. The number of nitrogens with one attached hydrogen (secondary N) is 1. The average Bonchev–Trinajstić information content (AvgIpc) is 2.86. The van der Waals surface area contributed by atoms with E-state index in [1.807, 2.05) is 33.8 Å². The van der Waals surface area contributed by atoms with Gasteiger partial charge in [0.25, 0.3) is 5.91 Å². The van der Waals surface area contributed by atoms with Crippen LogP contribution < -0.4 is 10.2 Å². The molecule has 4 rings (SSSR count). The second-order valence-electron chi connectivity index (χ2n) is 9.87. The number of ether oxygens (including phenoxy) is 1. The summed E-state index contributed by atoms with van der Waals surface area (Å²) in [6.45, 7) is 9.30. The molecule has 37 heavy (non-hydrogen) atoms. The molecular formula is C26H29N7O4. The Bertz CT molecular complexity index is 1360. The number of aromatic hydroxyl groups is 1. The predicted molar refractivity (Wildman–Crippen MR) is 136 cm³/mol. The van der Waals surface area contributed by atoms with Crippen molar-refractivity contribution in [2.75, 3.05) is 24.5 Å². The van der Waals surface area contributed by atoms with Crippen molar-refractivity contribution < 1.29 is 19.4 Å². The van der Waals surface area contributed by atoms with Crippen LogP contribution in [0.4, 0.5) is 10.6 Å². The number of hydrogen-bond donors (Lipinski definition) is 2. The summed E-state index contributed by atoms with van der Waals surface area (Å²) >= 11 is 0. The topological polar surface area (TPSA) is 145 Å². The summed E-state index contributed by atoms with van der Waals surface area (Å²) in [5, 5.41) is 22.7. The van der Waals surface area contributed by atoms with E-state index >= 15 is 0 Å². The largest absolute Gasteiger partial charge is 0.505 e. The molecule has 3 aromatic rings. The molecule has 0 aromatic carbocycles. The molecule has 11 nitrogen and oxygen atoms in total. The van der Waals surface area contributed by atoms with E-state index in [0.717, 1.165) is 0 Å². The van der Waals surface area contributed by atoms with Crippen molar-refractivity contribution in [1.29, 1.82) is 5.26 Å². The SMILES string of the molecule is C[C@@H]1CN(c2ccc3c(O)c(C(=O)NCc4ccc(C#N)nc4)ncc3n2)CCN1C(=O)OC(C)(C)C. The van der Waals surface area contributed by atoms with Gasteiger partial charge in [0.2, 0.25) is 0 Å². The first-order valence-electron chi connectivity index (χ1n) is 11.9. The minimum atomic E-state index is -0.556. The maximum Gasteiger partial charge on any atom is 0.410 e. The van der Waals surface area contributed by atoms with Gasteiger partial charge in [0.05, 0.1) is 11.7 Å². The highest BCUT2D eigenvalue weighted by Gasteiger charge is 2.31. The Morgan fingerprint density at radius 2 is 1.97 bits per heavy atom. The fourth-order valence-corrected chi connectivity index (χ4v) is 4.04. The molecule has 0 spiro atoms.